The van der Waals surface area contributed by atoms with Gasteiger partial charge in [0, 0.05) is 17.8 Å². The van der Waals surface area contributed by atoms with Crippen molar-refractivity contribution in [2.45, 2.75) is 0 Å². The third-order valence-corrected chi connectivity index (χ3v) is 2.57. The van der Waals surface area contributed by atoms with E-state index < -0.39 is 5.97 Å². The summed E-state index contributed by atoms with van der Waals surface area (Å²) < 4.78 is 5.56. The molecule has 0 saturated carbocycles. The average molecular weight is 240 g/mol. The summed E-state index contributed by atoms with van der Waals surface area (Å²) in [6, 6.07) is 8.11. The Morgan fingerprint density at radius 1 is 1.17 bits per heavy atom. The Bertz CT molecular complexity index is 683. The molecule has 0 saturated heterocycles. The first-order chi connectivity index (χ1) is 8.74. The van der Waals surface area contributed by atoms with Crippen molar-refractivity contribution in [1.29, 1.82) is 0 Å². The summed E-state index contributed by atoms with van der Waals surface area (Å²) in [5, 5.41) is 8.81. The largest absolute Gasteiger partial charge is 0.478 e. The predicted molar refractivity (Wildman–Crippen MR) is 64.2 cm³/mol. The maximum atomic E-state index is 10.7. The van der Waals surface area contributed by atoms with E-state index in [2.05, 4.69) is 9.97 Å². The third-order valence-electron chi connectivity index (χ3n) is 2.57. The standard InChI is InChI=1S/C13H8N2O3/c16-13(17)9-3-1-8(2-4-9)12-15-10-7-14-6-5-11(10)18-12/h1-7H,(H,16,17). The molecule has 1 aromatic carbocycles. The number of carbonyl (C=O) groups is 1. The summed E-state index contributed by atoms with van der Waals surface area (Å²) in [5.74, 6) is -0.502. The number of nitrogens with zero attached hydrogens (tertiary/aromatic N) is 2. The second-order valence-corrected chi connectivity index (χ2v) is 3.74. The van der Waals surface area contributed by atoms with Gasteiger partial charge >= 0.3 is 5.97 Å². The van der Waals surface area contributed by atoms with E-state index in [1.807, 2.05) is 0 Å². The maximum absolute atomic E-state index is 10.7. The number of hydrogen-bond donors (Lipinski definition) is 1. The minimum Gasteiger partial charge on any atom is -0.478 e. The number of aromatic nitrogens is 2. The molecular formula is C13H8N2O3. The third kappa shape index (κ3) is 1.71. The quantitative estimate of drug-likeness (QED) is 0.745. The van der Waals surface area contributed by atoms with Gasteiger partial charge in [-0.3, -0.25) is 4.98 Å². The first kappa shape index (κ1) is 10.5. The zero-order valence-corrected chi connectivity index (χ0v) is 9.20. The van der Waals surface area contributed by atoms with Gasteiger partial charge in [0.1, 0.15) is 5.52 Å². The molecule has 5 nitrogen and oxygen atoms in total. The van der Waals surface area contributed by atoms with E-state index in [-0.39, 0.29) is 5.56 Å². The van der Waals surface area contributed by atoms with Gasteiger partial charge in [0.05, 0.1) is 11.8 Å². The Balaban J connectivity index is 2.06. The number of oxazole rings is 1. The van der Waals surface area contributed by atoms with Gasteiger partial charge in [-0.05, 0) is 24.3 Å². The summed E-state index contributed by atoms with van der Waals surface area (Å²) in [5.41, 5.74) is 2.30. The molecule has 18 heavy (non-hydrogen) atoms. The Kier molecular flexibility index (Phi) is 2.30. The van der Waals surface area contributed by atoms with Crippen molar-refractivity contribution in [2.24, 2.45) is 0 Å². The van der Waals surface area contributed by atoms with Gasteiger partial charge in [0.2, 0.25) is 5.89 Å². The lowest BCUT2D eigenvalue weighted by molar-refractivity contribution is 0.0697. The van der Waals surface area contributed by atoms with Crippen LogP contribution in [0.15, 0.2) is 47.1 Å². The summed E-state index contributed by atoms with van der Waals surface area (Å²) in [6.45, 7) is 0. The lowest BCUT2D eigenvalue weighted by Gasteiger charge is -1.96. The van der Waals surface area contributed by atoms with Crippen molar-refractivity contribution >= 4 is 17.1 Å². The second-order valence-electron chi connectivity index (χ2n) is 3.74. The number of pyridine rings is 1. The van der Waals surface area contributed by atoms with E-state index in [0.717, 1.165) is 5.56 Å². The van der Waals surface area contributed by atoms with Gasteiger partial charge in [-0.25, -0.2) is 9.78 Å². The van der Waals surface area contributed by atoms with Crippen LogP contribution >= 0.6 is 0 Å². The fraction of sp³-hybridized carbons (Fsp3) is 0. The molecule has 0 amide bonds. The first-order valence-electron chi connectivity index (χ1n) is 5.28. The molecule has 0 aliphatic carbocycles. The molecule has 0 atom stereocenters. The molecule has 1 N–H and O–H groups in total. The van der Waals surface area contributed by atoms with Crippen molar-refractivity contribution in [3.63, 3.8) is 0 Å². The van der Waals surface area contributed by atoms with Crippen LogP contribution in [0, 0.1) is 0 Å². The van der Waals surface area contributed by atoms with Crippen molar-refractivity contribution in [2.75, 3.05) is 0 Å². The minimum absolute atomic E-state index is 0.233. The summed E-state index contributed by atoms with van der Waals surface area (Å²) in [7, 11) is 0. The highest BCUT2D eigenvalue weighted by atomic mass is 16.4. The van der Waals surface area contributed by atoms with Gasteiger partial charge in [0.25, 0.3) is 0 Å². The number of fused-ring (bicyclic) bond motifs is 1. The van der Waals surface area contributed by atoms with Crippen LogP contribution in [0.4, 0.5) is 0 Å². The number of hydrogen-bond acceptors (Lipinski definition) is 4. The van der Waals surface area contributed by atoms with Crippen molar-refractivity contribution in [3.8, 4) is 11.5 Å². The summed E-state index contributed by atoms with van der Waals surface area (Å²) in [6.07, 6.45) is 3.25. The van der Waals surface area contributed by atoms with Gasteiger partial charge in [-0.1, -0.05) is 0 Å². The molecule has 3 rings (SSSR count). The highest BCUT2D eigenvalue weighted by molar-refractivity contribution is 5.88. The molecule has 5 heteroatoms. The van der Waals surface area contributed by atoms with Crippen LogP contribution in [-0.2, 0) is 0 Å². The highest BCUT2D eigenvalue weighted by Gasteiger charge is 2.09. The number of carboxylic acid groups (broad SMARTS) is 1. The van der Waals surface area contributed by atoms with Crippen LogP contribution in [0.3, 0.4) is 0 Å². The first-order valence-corrected chi connectivity index (χ1v) is 5.28. The van der Waals surface area contributed by atoms with Gasteiger partial charge in [-0.15, -0.1) is 0 Å². The smallest absolute Gasteiger partial charge is 0.335 e. The van der Waals surface area contributed by atoms with E-state index in [1.54, 1.807) is 30.6 Å². The van der Waals surface area contributed by atoms with Gasteiger partial charge < -0.3 is 9.52 Å². The zero-order valence-electron chi connectivity index (χ0n) is 9.20. The lowest BCUT2D eigenvalue weighted by Crippen LogP contribution is -1.94. The molecule has 0 spiro atoms. The molecule has 0 aliphatic heterocycles. The monoisotopic (exact) mass is 240 g/mol. The molecule has 2 heterocycles. The number of benzene rings is 1. The SMILES string of the molecule is O=C(O)c1ccc(-c2nc3cnccc3o2)cc1. The number of aromatic carboxylic acids is 1. The van der Waals surface area contributed by atoms with Crippen molar-refractivity contribution < 1.29 is 14.3 Å². The number of rotatable bonds is 2. The Hall–Kier alpha value is -2.69. The maximum Gasteiger partial charge on any atom is 0.335 e. The van der Waals surface area contributed by atoms with Crippen LogP contribution < -0.4 is 0 Å². The molecule has 0 unspecified atom stereocenters. The summed E-state index contributed by atoms with van der Waals surface area (Å²) >= 11 is 0. The second kappa shape index (κ2) is 3.96. The average Bonchev–Trinajstić information content (AvgIpc) is 2.82. The normalized spacial score (nSPS) is 10.7. The molecule has 0 bridgehead atoms. The molecular weight excluding hydrogens is 232 g/mol. The highest BCUT2D eigenvalue weighted by Crippen LogP contribution is 2.23. The minimum atomic E-state index is -0.955. The Labute approximate surface area is 102 Å². The van der Waals surface area contributed by atoms with Gasteiger partial charge in [0.15, 0.2) is 5.58 Å². The van der Waals surface area contributed by atoms with Crippen LogP contribution in [-0.4, -0.2) is 21.0 Å². The topological polar surface area (TPSA) is 76.2 Å². The van der Waals surface area contributed by atoms with E-state index in [0.29, 0.717) is 17.0 Å². The van der Waals surface area contributed by atoms with Crippen LogP contribution in [0.25, 0.3) is 22.6 Å². The molecule has 2 aromatic heterocycles. The van der Waals surface area contributed by atoms with Crippen molar-refractivity contribution in [1.82, 2.24) is 9.97 Å². The fourth-order valence-corrected chi connectivity index (χ4v) is 1.66. The van der Waals surface area contributed by atoms with E-state index in [4.69, 9.17) is 9.52 Å². The van der Waals surface area contributed by atoms with E-state index in [1.165, 1.54) is 12.1 Å². The molecule has 88 valence electrons. The molecule has 0 fully saturated rings. The predicted octanol–water partition coefficient (Wildman–Crippen LogP) is 2.59. The zero-order chi connectivity index (χ0) is 12.5. The van der Waals surface area contributed by atoms with Crippen LogP contribution in [0.1, 0.15) is 10.4 Å². The van der Waals surface area contributed by atoms with Crippen LogP contribution in [0.5, 0.6) is 0 Å². The van der Waals surface area contributed by atoms with Crippen molar-refractivity contribution in [3.05, 3.63) is 48.3 Å². The van der Waals surface area contributed by atoms with E-state index >= 15 is 0 Å². The van der Waals surface area contributed by atoms with Crippen LogP contribution in [0.2, 0.25) is 0 Å². The summed E-state index contributed by atoms with van der Waals surface area (Å²) in [4.78, 5) is 19.0. The molecule has 0 radical (unpaired) electrons. The van der Waals surface area contributed by atoms with E-state index in [9.17, 15) is 4.79 Å². The fourth-order valence-electron chi connectivity index (χ4n) is 1.66. The lowest BCUT2D eigenvalue weighted by atomic mass is 10.1. The van der Waals surface area contributed by atoms with Gasteiger partial charge in [-0.2, -0.15) is 0 Å². The number of carboxylic acids is 1. The molecule has 3 aromatic rings. The Morgan fingerprint density at radius 3 is 2.61 bits per heavy atom. The molecule has 0 aliphatic rings. The Morgan fingerprint density at radius 2 is 1.94 bits per heavy atom.